The molecule has 0 aliphatic carbocycles. The van der Waals surface area contributed by atoms with Gasteiger partial charge in [-0.2, -0.15) is 0 Å². The van der Waals surface area contributed by atoms with Crippen LogP contribution in [0.5, 0.6) is 0 Å². The van der Waals surface area contributed by atoms with Crippen LogP contribution in [0, 0.1) is 0 Å². The summed E-state index contributed by atoms with van der Waals surface area (Å²) in [5, 5.41) is 0. The van der Waals surface area contributed by atoms with Crippen LogP contribution in [0.3, 0.4) is 0 Å². The molecule has 0 aromatic rings. The standard InChI is InChI=1S/C13H24O/c1-11(2)7-5-9-13(4)10-6-8-12(3)14-13/h12H,1,5-10H2,2-4H3/t12-,13-/m1/s1. The Labute approximate surface area is 88.5 Å². The lowest BCUT2D eigenvalue weighted by molar-refractivity contribution is -0.114. The smallest absolute Gasteiger partial charge is 0.0658 e. The second-order valence-corrected chi connectivity index (χ2v) is 5.08. The van der Waals surface area contributed by atoms with Crippen LogP contribution in [-0.4, -0.2) is 11.7 Å². The van der Waals surface area contributed by atoms with Crippen molar-refractivity contribution in [2.45, 2.75) is 71.0 Å². The molecule has 0 bridgehead atoms. The van der Waals surface area contributed by atoms with Gasteiger partial charge in [0, 0.05) is 0 Å². The maximum atomic E-state index is 6.03. The van der Waals surface area contributed by atoms with E-state index in [4.69, 9.17) is 4.74 Å². The van der Waals surface area contributed by atoms with Crippen molar-refractivity contribution in [1.82, 2.24) is 0 Å². The van der Waals surface area contributed by atoms with Gasteiger partial charge in [0.2, 0.25) is 0 Å². The van der Waals surface area contributed by atoms with Crippen molar-refractivity contribution in [3.8, 4) is 0 Å². The van der Waals surface area contributed by atoms with Gasteiger partial charge < -0.3 is 4.74 Å². The molecule has 1 heteroatoms. The summed E-state index contributed by atoms with van der Waals surface area (Å²) >= 11 is 0. The Hall–Kier alpha value is -0.300. The van der Waals surface area contributed by atoms with Crippen LogP contribution in [-0.2, 0) is 4.74 Å². The number of hydrogen-bond donors (Lipinski definition) is 0. The highest BCUT2D eigenvalue weighted by Crippen LogP contribution is 2.32. The van der Waals surface area contributed by atoms with Crippen LogP contribution in [0.15, 0.2) is 12.2 Å². The first kappa shape index (κ1) is 11.8. The van der Waals surface area contributed by atoms with Crippen molar-refractivity contribution in [3.63, 3.8) is 0 Å². The summed E-state index contributed by atoms with van der Waals surface area (Å²) in [4.78, 5) is 0. The van der Waals surface area contributed by atoms with E-state index in [0.717, 1.165) is 6.42 Å². The first-order valence-electron chi connectivity index (χ1n) is 5.84. The van der Waals surface area contributed by atoms with Crippen LogP contribution < -0.4 is 0 Å². The Morgan fingerprint density at radius 1 is 1.57 bits per heavy atom. The predicted molar refractivity (Wildman–Crippen MR) is 61.5 cm³/mol. The van der Waals surface area contributed by atoms with Gasteiger partial charge in [-0.3, -0.25) is 0 Å². The van der Waals surface area contributed by atoms with Gasteiger partial charge in [0.05, 0.1) is 11.7 Å². The summed E-state index contributed by atoms with van der Waals surface area (Å²) < 4.78 is 6.03. The van der Waals surface area contributed by atoms with E-state index < -0.39 is 0 Å². The molecular formula is C13H24O. The van der Waals surface area contributed by atoms with Crippen molar-refractivity contribution in [1.29, 1.82) is 0 Å². The van der Waals surface area contributed by atoms with Gasteiger partial charge >= 0.3 is 0 Å². The molecule has 1 saturated heterocycles. The second kappa shape index (κ2) is 4.97. The van der Waals surface area contributed by atoms with Gasteiger partial charge in [0.15, 0.2) is 0 Å². The Balaban J connectivity index is 2.29. The van der Waals surface area contributed by atoms with Crippen LogP contribution in [0.4, 0.5) is 0 Å². The molecule has 1 rings (SSSR count). The molecule has 1 fully saturated rings. The Kier molecular flexibility index (Phi) is 4.18. The number of allylic oxidation sites excluding steroid dienone is 1. The molecule has 1 aliphatic heterocycles. The van der Waals surface area contributed by atoms with Crippen LogP contribution >= 0.6 is 0 Å². The third-order valence-electron chi connectivity index (χ3n) is 3.11. The topological polar surface area (TPSA) is 9.23 Å². The molecule has 0 aromatic carbocycles. The number of hydrogen-bond acceptors (Lipinski definition) is 1. The van der Waals surface area contributed by atoms with Gasteiger partial charge in [-0.25, -0.2) is 0 Å². The molecule has 0 aromatic heterocycles. The third kappa shape index (κ3) is 3.83. The summed E-state index contributed by atoms with van der Waals surface area (Å²) in [7, 11) is 0. The van der Waals surface area contributed by atoms with E-state index >= 15 is 0 Å². The fourth-order valence-corrected chi connectivity index (χ4v) is 2.32. The van der Waals surface area contributed by atoms with Crippen LogP contribution in [0.2, 0.25) is 0 Å². The van der Waals surface area contributed by atoms with Crippen molar-refractivity contribution in [3.05, 3.63) is 12.2 Å². The van der Waals surface area contributed by atoms with E-state index in [1.807, 2.05) is 0 Å². The zero-order valence-electron chi connectivity index (χ0n) is 9.94. The van der Waals surface area contributed by atoms with Gasteiger partial charge in [-0.15, -0.1) is 6.58 Å². The Bertz CT molecular complexity index is 197. The quantitative estimate of drug-likeness (QED) is 0.616. The molecule has 0 saturated carbocycles. The summed E-state index contributed by atoms with van der Waals surface area (Å²) in [6.45, 7) is 10.5. The molecular weight excluding hydrogens is 172 g/mol. The first-order chi connectivity index (χ1) is 6.52. The average Bonchev–Trinajstić information content (AvgIpc) is 2.01. The van der Waals surface area contributed by atoms with Gasteiger partial charge in [0.25, 0.3) is 0 Å². The minimum Gasteiger partial charge on any atom is -0.372 e. The first-order valence-corrected chi connectivity index (χ1v) is 5.84. The number of rotatable bonds is 4. The molecule has 0 N–H and O–H groups in total. The van der Waals surface area contributed by atoms with Crippen molar-refractivity contribution in [2.75, 3.05) is 0 Å². The van der Waals surface area contributed by atoms with Crippen LogP contribution in [0.1, 0.15) is 59.3 Å². The Morgan fingerprint density at radius 3 is 2.86 bits per heavy atom. The highest BCUT2D eigenvalue weighted by atomic mass is 16.5. The molecule has 1 heterocycles. The molecule has 0 unspecified atom stereocenters. The van der Waals surface area contributed by atoms with E-state index in [-0.39, 0.29) is 5.60 Å². The lowest BCUT2D eigenvalue weighted by atomic mass is 9.88. The van der Waals surface area contributed by atoms with E-state index in [2.05, 4.69) is 27.4 Å². The molecule has 1 nitrogen and oxygen atoms in total. The second-order valence-electron chi connectivity index (χ2n) is 5.08. The summed E-state index contributed by atoms with van der Waals surface area (Å²) in [6, 6.07) is 0. The van der Waals surface area contributed by atoms with E-state index in [0.29, 0.717) is 6.10 Å². The normalized spacial score (nSPS) is 32.9. The SMILES string of the molecule is C=C(C)CCC[C@]1(C)CCC[C@@H](C)O1. The number of ether oxygens (including phenoxy) is 1. The molecule has 82 valence electrons. The fraction of sp³-hybridized carbons (Fsp3) is 0.846. The summed E-state index contributed by atoms with van der Waals surface area (Å²) in [5.74, 6) is 0. The van der Waals surface area contributed by atoms with Crippen LogP contribution in [0.25, 0.3) is 0 Å². The zero-order chi connectivity index (χ0) is 10.6. The van der Waals surface area contributed by atoms with Crippen molar-refractivity contribution >= 4 is 0 Å². The molecule has 0 radical (unpaired) electrons. The average molecular weight is 196 g/mol. The third-order valence-corrected chi connectivity index (χ3v) is 3.11. The highest BCUT2D eigenvalue weighted by molar-refractivity contribution is 4.89. The van der Waals surface area contributed by atoms with Gasteiger partial charge in [-0.05, 0) is 59.3 Å². The predicted octanol–water partition coefficient (Wildman–Crippen LogP) is 4.08. The van der Waals surface area contributed by atoms with Gasteiger partial charge in [-0.1, -0.05) is 5.57 Å². The summed E-state index contributed by atoms with van der Waals surface area (Å²) in [5.41, 5.74) is 1.44. The minimum absolute atomic E-state index is 0.146. The monoisotopic (exact) mass is 196 g/mol. The largest absolute Gasteiger partial charge is 0.372 e. The molecule has 0 amide bonds. The van der Waals surface area contributed by atoms with E-state index in [9.17, 15) is 0 Å². The lowest BCUT2D eigenvalue weighted by Gasteiger charge is -2.37. The van der Waals surface area contributed by atoms with Gasteiger partial charge in [0.1, 0.15) is 0 Å². The Morgan fingerprint density at radius 2 is 2.29 bits per heavy atom. The lowest BCUT2D eigenvalue weighted by Crippen LogP contribution is -2.36. The summed E-state index contributed by atoms with van der Waals surface area (Å²) in [6.07, 6.45) is 7.79. The highest BCUT2D eigenvalue weighted by Gasteiger charge is 2.30. The maximum Gasteiger partial charge on any atom is 0.0658 e. The minimum atomic E-state index is 0.146. The maximum absolute atomic E-state index is 6.03. The van der Waals surface area contributed by atoms with Crippen molar-refractivity contribution in [2.24, 2.45) is 0 Å². The molecule has 14 heavy (non-hydrogen) atoms. The molecule has 0 spiro atoms. The van der Waals surface area contributed by atoms with E-state index in [1.54, 1.807) is 0 Å². The van der Waals surface area contributed by atoms with E-state index in [1.165, 1.54) is 37.7 Å². The fourth-order valence-electron chi connectivity index (χ4n) is 2.32. The molecule has 2 atom stereocenters. The molecule has 1 aliphatic rings. The zero-order valence-corrected chi connectivity index (χ0v) is 9.94. The van der Waals surface area contributed by atoms with Crippen molar-refractivity contribution < 1.29 is 4.74 Å².